The third kappa shape index (κ3) is 11.2. The molecule has 0 radical (unpaired) electrons. The van der Waals surface area contributed by atoms with Crippen molar-refractivity contribution >= 4 is 55.0 Å². The van der Waals surface area contributed by atoms with E-state index in [1.807, 2.05) is 51.1 Å². The van der Waals surface area contributed by atoms with Crippen molar-refractivity contribution in [2.24, 2.45) is 5.41 Å². The van der Waals surface area contributed by atoms with Crippen molar-refractivity contribution in [2.75, 3.05) is 50.4 Å². The smallest absolute Gasteiger partial charge is 0.319 e. The fourth-order valence-electron chi connectivity index (χ4n) is 9.15. The summed E-state index contributed by atoms with van der Waals surface area (Å²) in [4.78, 5) is 41.8. The summed E-state index contributed by atoms with van der Waals surface area (Å²) in [6.07, 6.45) is 13.6. The number of rotatable bonds is 21. The van der Waals surface area contributed by atoms with E-state index < -0.39 is 54.5 Å². The summed E-state index contributed by atoms with van der Waals surface area (Å²) >= 11 is 0. The molecule has 14 nitrogen and oxygen atoms in total. The predicted molar refractivity (Wildman–Crippen MR) is 256 cm³/mol. The van der Waals surface area contributed by atoms with E-state index in [1.54, 1.807) is 12.1 Å². The quantitative estimate of drug-likeness (QED) is 0.0567. The van der Waals surface area contributed by atoms with E-state index in [9.17, 15) is 36.3 Å². The molecule has 2 heterocycles. The molecule has 5 rings (SSSR count). The lowest BCUT2D eigenvalue weighted by Crippen LogP contribution is -2.48. The van der Waals surface area contributed by atoms with Gasteiger partial charge in [-0.05, 0) is 86.9 Å². The van der Waals surface area contributed by atoms with Gasteiger partial charge in [0.15, 0.2) is 11.1 Å². The molecule has 2 aromatic rings. The average Bonchev–Trinajstić information content (AvgIpc) is 3.59. The van der Waals surface area contributed by atoms with E-state index >= 15 is 0 Å². The lowest BCUT2D eigenvalue weighted by Gasteiger charge is -2.33. The van der Waals surface area contributed by atoms with E-state index in [2.05, 4.69) is 78.1 Å². The molecule has 0 bridgehead atoms. The Balaban J connectivity index is 1.50. The van der Waals surface area contributed by atoms with Crippen LogP contribution in [0.2, 0.25) is 0 Å². The van der Waals surface area contributed by atoms with Gasteiger partial charge in [-0.2, -0.15) is 13.0 Å². The van der Waals surface area contributed by atoms with Crippen molar-refractivity contribution in [1.29, 1.82) is 0 Å². The number of nitrogens with one attached hydrogen (secondary N) is 2. The third-order valence-corrected chi connectivity index (χ3v) is 15.4. The first-order chi connectivity index (χ1) is 30.5. The first-order valence-corrected chi connectivity index (χ1v) is 25.8. The highest BCUT2D eigenvalue weighted by Gasteiger charge is 2.49. The van der Waals surface area contributed by atoms with Gasteiger partial charge in [0, 0.05) is 80.6 Å². The summed E-state index contributed by atoms with van der Waals surface area (Å²) in [5.41, 5.74) is 4.72. The highest BCUT2D eigenvalue weighted by atomic mass is 32.2. The van der Waals surface area contributed by atoms with E-state index in [0.717, 1.165) is 54.0 Å². The Labute approximate surface area is 386 Å². The van der Waals surface area contributed by atoms with Gasteiger partial charge < -0.3 is 20.6 Å². The molecule has 16 heteroatoms. The number of aliphatic carboxylic acids is 1. The first kappa shape index (κ1) is 51.1. The maximum Gasteiger partial charge on any atom is 0.319 e. The maximum atomic E-state index is 14.0. The van der Waals surface area contributed by atoms with Crippen LogP contribution in [0.4, 0.5) is 11.4 Å². The molecule has 4 N–H and O–H groups in total. The number of hydrogen-bond acceptors (Lipinski definition) is 8. The number of fused-ring (bicyclic) bond motifs is 2. The molecular formula is C49H68N5O9S2+. The van der Waals surface area contributed by atoms with Crippen molar-refractivity contribution in [3.63, 3.8) is 0 Å². The molecular weight excluding hydrogens is 867 g/mol. The Morgan fingerprint density at radius 2 is 1.58 bits per heavy atom. The molecule has 0 saturated heterocycles. The Hall–Kier alpha value is -4.90. The molecule has 1 unspecified atom stereocenters. The largest absolute Gasteiger partial charge is 0.480 e. The zero-order valence-electron chi connectivity index (χ0n) is 39.2. The number of carboxylic acids is 1. The van der Waals surface area contributed by atoms with Crippen LogP contribution in [-0.2, 0) is 45.4 Å². The highest BCUT2D eigenvalue weighted by Crippen LogP contribution is 2.49. The Kier molecular flexibility index (Phi) is 16.3. The number of carboxylic acid groups (broad SMARTS) is 1. The topological polar surface area (TPSA) is 194 Å². The molecule has 1 aliphatic carbocycles. The number of allylic oxidation sites excluding steroid dienone is 8. The summed E-state index contributed by atoms with van der Waals surface area (Å²) in [6.45, 7) is 16.2. The monoisotopic (exact) mass is 934 g/mol. The number of sulfonamides is 1. The Morgan fingerprint density at radius 1 is 0.862 bits per heavy atom. The van der Waals surface area contributed by atoms with Crippen LogP contribution in [0.1, 0.15) is 111 Å². The number of amides is 2. The molecule has 65 heavy (non-hydrogen) atoms. The molecule has 0 aromatic heterocycles. The van der Waals surface area contributed by atoms with Crippen LogP contribution in [0.15, 0.2) is 94.6 Å². The van der Waals surface area contributed by atoms with Gasteiger partial charge in [-0.1, -0.05) is 77.5 Å². The van der Waals surface area contributed by atoms with Crippen LogP contribution in [0.5, 0.6) is 0 Å². The van der Waals surface area contributed by atoms with E-state index in [0.29, 0.717) is 25.1 Å². The van der Waals surface area contributed by atoms with Crippen molar-refractivity contribution in [3.8, 4) is 0 Å². The molecule has 354 valence electrons. The van der Waals surface area contributed by atoms with Gasteiger partial charge in [-0.3, -0.25) is 18.9 Å². The van der Waals surface area contributed by atoms with E-state index in [4.69, 9.17) is 4.55 Å². The number of unbranched alkanes of at least 4 members (excludes halogenated alkanes) is 1. The maximum absolute atomic E-state index is 14.0. The van der Waals surface area contributed by atoms with Crippen molar-refractivity contribution in [2.45, 2.75) is 116 Å². The molecule has 2 aromatic carbocycles. The van der Waals surface area contributed by atoms with Gasteiger partial charge in [0.05, 0.1) is 16.1 Å². The summed E-state index contributed by atoms with van der Waals surface area (Å²) in [6, 6.07) is 13.5. The predicted octanol–water partition coefficient (Wildman–Crippen LogP) is 7.16. The third-order valence-electron chi connectivity index (χ3n) is 12.8. The van der Waals surface area contributed by atoms with Crippen LogP contribution >= 0.6 is 0 Å². The minimum Gasteiger partial charge on any atom is -0.480 e. The van der Waals surface area contributed by atoms with Crippen molar-refractivity contribution < 1.29 is 45.5 Å². The molecule has 0 saturated carbocycles. The minimum absolute atomic E-state index is 0.0166. The van der Waals surface area contributed by atoms with Crippen molar-refractivity contribution in [3.05, 3.63) is 101 Å². The summed E-state index contributed by atoms with van der Waals surface area (Å²) in [5.74, 6) is -2.78. The molecule has 2 amide bonds. The van der Waals surface area contributed by atoms with Gasteiger partial charge in [-0.25, -0.2) is 12.7 Å². The second kappa shape index (κ2) is 20.7. The number of hydrogen-bond donors (Lipinski definition) is 4. The average molecular weight is 935 g/mol. The number of para-hydroxylation sites is 1. The van der Waals surface area contributed by atoms with Crippen LogP contribution in [0.3, 0.4) is 0 Å². The zero-order chi connectivity index (χ0) is 48.0. The van der Waals surface area contributed by atoms with Crippen LogP contribution in [0, 0.1) is 5.41 Å². The number of carbonyl (C=O) groups is 3. The van der Waals surface area contributed by atoms with E-state index in [1.165, 1.54) is 22.6 Å². The molecule has 3 aliphatic rings. The molecule has 0 spiro atoms. The second-order valence-corrected chi connectivity index (χ2v) is 22.0. The summed E-state index contributed by atoms with van der Waals surface area (Å²) in [7, 11) is -6.75. The number of anilines is 1. The second-order valence-electron chi connectivity index (χ2n) is 18.4. The summed E-state index contributed by atoms with van der Waals surface area (Å²) in [5, 5.41) is 16.2. The summed E-state index contributed by atoms with van der Waals surface area (Å²) < 4.78 is 62.1. The van der Waals surface area contributed by atoms with Gasteiger partial charge in [-0.15, -0.1) is 0 Å². The fraction of sp³-hybridized carbons (Fsp3) is 0.510. The lowest BCUT2D eigenvalue weighted by atomic mass is 9.71. The fourth-order valence-corrected chi connectivity index (χ4v) is 10.7. The lowest BCUT2D eigenvalue weighted by molar-refractivity contribution is -0.438. The SMILES string of the molecule is CCCC[N+]1=C(/C=C/C2=CC(=C/C=C3/N(CCC)c4ccc(S(=O)(=O)N(C)CCCC(=O)NCCS(=O)(=O)O)cc4C3(C)C)/CC(C(=O)O)(C(=O)NCCC)C2)C(C)(C)c2ccccc21. The van der Waals surface area contributed by atoms with Crippen LogP contribution in [0.25, 0.3) is 0 Å². The molecule has 2 aliphatic heterocycles. The molecule has 1 atom stereocenters. The zero-order valence-corrected chi connectivity index (χ0v) is 40.9. The van der Waals surface area contributed by atoms with Gasteiger partial charge >= 0.3 is 5.97 Å². The Bertz CT molecular complexity index is 2540. The van der Waals surface area contributed by atoms with Gasteiger partial charge in [0.2, 0.25) is 27.5 Å². The van der Waals surface area contributed by atoms with Crippen molar-refractivity contribution in [1.82, 2.24) is 14.9 Å². The number of nitrogens with zero attached hydrogens (tertiary/aromatic N) is 3. The normalized spacial score (nSPS) is 20.4. The molecule has 0 fully saturated rings. The minimum atomic E-state index is -4.22. The number of benzene rings is 2. The van der Waals surface area contributed by atoms with Gasteiger partial charge in [0.25, 0.3) is 10.1 Å². The van der Waals surface area contributed by atoms with Crippen LogP contribution < -0.4 is 15.5 Å². The highest BCUT2D eigenvalue weighted by molar-refractivity contribution is 7.89. The van der Waals surface area contributed by atoms with Crippen LogP contribution in [-0.4, -0.2) is 104 Å². The standard InChI is InChI=1S/C49H67N5O9S2/c1-9-12-29-54-40-17-14-13-16-38(40)47(4,5)42(54)23-19-35-31-36(34-49(33-35,46(57)58)45(56)51-25-10-2)20-24-43-48(6,7)39-32-37(21-22-41(39)53(43)27-11-3)65(62,63)52(8)28-15-18-44(55)50-26-30-64(59,60)61/h13-14,16-17,19-24,31-32H,9-12,15,18,25-30,33-34H2,1-8H3,(H3-,50,51,55,56,57,58,59,60,61)/p+1. The Morgan fingerprint density at radius 3 is 2.25 bits per heavy atom. The number of carbonyl (C=O) groups excluding carboxylic acids is 2. The first-order valence-electron chi connectivity index (χ1n) is 22.7. The van der Waals surface area contributed by atoms with Gasteiger partial charge in [0.1, 0.15) is 6.54 Å². The van der Waals surface area contributed by atoms with E-state index in [-0.39, 0.29) is 49.1 Å².